The minimum absolute atomic E-state index is 0.268. The maximum atomic E-state index is 12.9. The number of alkyl halides is 3. The van der Waals surface area contributed by atoms with E-state index in [1.807, 2.05) is 24.3 Å². The lowest BCUT2D eigenvalue weighted by Gasteiger charge is -2.30. The average Bonchev–Trinajstić information content (AvgIpc) is 3.40. The zero-order valence-corrected chi connectivity index (χ0v) is 23.4. The molecule has 0 amide bonds. The van der Waals surface area contributed by atoms with Gasteiger partial charge in [-0.2, -0.15) is 18.2 Å². The van der Waals surface area contributed by atoms with Gasteiger partial charge in [0, 0.05) is 31.1 Å². The summed E-state index contributed by atoms with van der Waals surface area (Å²) in [6, 6.07) is 11.7. The summed E-state index contributed by atoms with van der Waals surface area (Å²) >= 11 is 0. The SMILES string of the molecule is CCCCCCCCCCCc1noc(-c2ccc(CN(CC(=O)[O-])C(C)c3ccc(C(F)(F)F)cc3)cc2)n1. The predicted molar refractivity (Wildman–Crippen MR) is 146 cm³/mol. The number of rotatable bonds is 17. The number of aromatic nitrogens is 2. The third kappa shape index (κ3) is 10.1. The van der Waals surface area contributed by atoms with E-state index in [9.17, 15) is 23.1 Å². The van der Waals surface area contributed by atoms with Crippen LogP contribution in [0.1, 0.15) is 100 Å². The largest absolute Gasteiger partial charge is 0.549 e. The molecule has 9 heteroatoms. The molecule has 2 aromatic carbocycles. The van der Waals surface area contributed by atoms with Crippen LogP contribution in [0, 0.1) is 0 Å². The Labute approximate surface area is 234 Å². The Morgan fingerprint density at radius 1 is 0.925 bits per heavy atom. The van der Waals surface area contributed by atoms with Crippen molar-refractivity contribution in [3.05, 3.63) is 71.0 Å². The smallest absolute Gasteiger partial charge is 0.416 e. The van der Waals surface area contributed by atoms with Crippen molar-refractivity contribution >= 4 is 5.97 Å². The average molecular weight is 559 g/mol. The first-order valence-corrected chi connectivity index (χ1v) is 14.2. The maximum absolute atomic E-state index is 12.9. The first-order valence-electron chi connectivity index (χ1n) is 14.2. The molecule has 218 valence electrons. The highest BCUT2D eigenvalue weighted by Gasteiger charge is 2.30. The number of aryl methyl sites for hydroxylation is 1. The molecule has 1 aromatic heterocycles. The molecular weight excluding hydrogens is 519 g/mol. The van der Waals surface area contributed by atoms with E-state index in [2.05, 4.69) is 17.1 Å². The van der Waals surface area contributed by atoms with E-state index in [-0.39, 0.29) is 13.1 Å². The maximum Gasteiger partial charge on any atom is 0.416 e. The molecule has 0 aliphatic heterocycles. The fourth-order valence-electron chi connectivity index (χ4n) is 4.71. The lowest BCUT2D eigenvalue weighted by molar-refractivity contribution is -0.306. The van der Waals surface area contributed by atoms with Crippen molar-refractivity contribution in [2.75, 3.05) is 6.54 Å². The van der Waals surface area contributed by atoms with Gasteiger partial charge in [-0.05, 0) is 48.7 Å². The van der Waals surface area contributed by atoms with Crippen LogP contribution in [0.2, 0.25) is 0 Å². The van der Waals surface area contributed by atoms with Gasteiger partial charge in [-0.1, -0.05) is 87.7 Å². The Kier molecular flexibility index (Phi) is 12.2. The number of hydrogen-bond donors (Lipinski definition) is 0. The normalized spacial score (nSPS) is 12.7. The molecule has 0 aliphatic rings. The van der Waals surface area contributed by atoms with Gasteiger partial charge in [-0.25, -0.2) is 0 Å². The van der Waals surface area contributed by atoms with Crippen molar-refractivity contribution in [2.24, 2.45) is 0 Å². The Bertz CT molecular complexity index is 1160. The number of aliphatic carboxylic acids is 1. The monoisotopic (exact) mass is 558 g/mol. The zero-order chi connectivity index (χ0) is 29.0. The zero-order valence-electron chi connectivity index (χ0n) is 23.4. The fraction of sp³-hybridized carbons (Fsp3) is 0.516. The van der Waals surface area contributed by atoms with E-state index in [1.165, 1.54) is 57.1 Å². The molecule has 40 heavy (non-hydrogen) atoms. The van der Waals surface area contributed by atoms with Crippen molar-refractivity contribution in [1.29, 1.82) is 0 Å². The van der Waals surface area contributed by atoms with Crippen LogP contribution in [0.25, 0.3) is 11.5 Å². The van der Waals surface area contributed by atoms with E-state index in [0.29, 0.717) is 17.3 Å². The summed E-state index contributed by atoms with van der Waals surface area (Å²) in [5.41, 5.74) is 1.43. The van der Waals surface area contributed by atoms with Gasteiger partial charge in [0.2, 0.25) is 0 Å². The molecule has 0 saturated carbocycles. The van der Waals surface area contributed by atoms with Gasteiger partial charge in [-0.15, -0.1) is 0 Å². The Balaban J connectivity index is 1.53. The first-order chi connectivity index (χ1) is 19.2. The molecular formula is C31H39F3N3O3-. The van der Waals surface area contributed by atoms with E-state index in [1.54, 1.807) is 11.8 Å². The Morgan fingerprint density at radius 2 is 1.52 bits per heavy atom. The summed E-state index contributed by atoms with van der Waals surface area (Å²) in [6.45, 7) is 3.89. The van der Waals surface area contributed by atoms with Crippen LogP contribution in [-0.4, -0.2) is 27.6 Å². The number of nitrogens with zero attached hydrogens (tertiary/aromatic N) is 3. The second kappa shape index (κ2) is 15.6. The number of carbonyl (C=O) groups is 1. The number of hydrogen-bond acceptors (Lipinski definition) is 6. The van der Waals surface area contributed by atoms with Crippen LogP contribution in [0.3, 0.4) is 0 Å². The third-order valence-electron chi connectivity index (χ3n) is 7.16. The summed E-state index contributed by atoms with van der Waals surface area (Å²) in [4.78, 5) is 17.6. The Morgan fingerprint density at radius 3 is 2.10 bits per heavy atom. The fourth-order valence-corrected chi connectivity index (χ4v) is 4.71. The number of unbranched alkanes of at least 4 members (excludes halogenated alkanes) is 8. The first kappa shape index (κ1) is 31.3. The summed E-state index contributed by atoms with van der Waals surface area (Å²) < 4.78 is 44.2. The van der Waals surface area contributed by atoms with E-state index in [0.717, 1.165) is 42.5 Å². The standard InChI is InChI=1S/C31H40F3N3O3/c1-3-4-5-6-7-8-9-10-11-12-28-35-30(40-36-28)26-15-13-24(14-16-26)21-37(22-29(38)39)23(2)25-17-19-27(20-18-25)31(32,33)34/h13-20,23H,3-12,21-22H2,1-2H3,(H,38,39)/p-1. The lowest BCUT2D eigenvalue weighted by atomic mass is 10.0. The number of halogens is 3. The van der Waals surface area contributed by atoms with Crippen LogP contribution in [-0.2, 0) is 23.9 Å². The van der Waals surface area contributed by atoms with Crippen molar-refractivity contribution in [3.8, 4) is 11.5 Å². The molecule has 3 rings (SSSR count). The van der Waals surface area contributed by atoms with Gasteiger partial charge < -0.3 is 14.4 Å². The van der Waals surface area contributed by atoms with Crippen LogP contribution in [0.4, 0.5) is 13.2 Å². The van der Waals surface area contributed by atoms with Gasteiger partial charge in [0.25, 0.3) is 5.89 Å². The molecule has 0 radical (unpaired) electrons. The van der Waals surface area contributed by atoms with Crippen molar-refractivity contribution in [1.82, 2.24) is 15.0 Å². The van der Waals surface area contributed by atoms with Gasteiger partial charge in [0.05, 0.1) is 11.5 Å². The number of carboxylic acid groups (broad SMARTS) is 1. The van der Waals surface area contributed by atoms with Crippen molar-refractivity contribution < 1.29 is 27.6 Å². The topological polar surface area (TPSA) is 82.3 Å². The predicted octanol–water partition coefficient (Wildman–Crippen LogP) is 7.14. The molecule has 1 unspecified atom stereocenters. The summed E-state index contributed by atoms with van der Waals surface area (Å²) in [5.74, 6) is -0.143. The molecule has 0 N–H and O–H groups in total. The van der Waals surface area contributed by atoms with Crippen molar-refractivity contribution in [3.63, 3.8) is 0 Å². The minimum Gasteiger partial charge on any atom is -0.549 e. The van der Waals surface area contributed by atoms with Crippen LogP contribution in [0.15, 0.2) is 53.1 Å². The summed E-state index contributed by atoms with van der Waals surface area (Å²) in [5, 5.41) is 15.5. The van der Waals surface area contributed by atoms with Crippen LogP contribution >= 0.6 is 0 Å². The third-order valence-corrected chi connectivity index (χ3v) is 7.16. The van der Waals surface area contributed by atoms with Gasteiger partial charge >= 0.3 is 6.18 Å². The summed E-state index contributed by atoms with van der Waals surface area (Å²) in [6.07, 6.45) is 7.60. The highest BCUT2D eigenvalue weighted by molar-refractivity contribution is 5.66. The summed E-state index contributed by atoms with van der Waals surface area (Å²) in [7, 11) is 0. The van der Waals surface area contributed by atoms with E-state index >= 15 is 0 Å². The van der Waals surface area contributed by atoms with Crippen molar-refractivity contribution in [2.45, 2.75) is 96.8 Å². The van der Waals surface area contributed by atoms with Gasteiger partial charge in [0.15, 0.2) is 5.82 Å². The Hall–Kier alpha value is -3.20. The molecule has 0 bridgehead atoms. The lowest BCUT2D eigenvalue weighted by Crippen LogP contribution is -2.39. The molecule has 6 nitrogen and oxygen atoms in total. The molecule has 0 fully saturated rings. The number of carbonyl (C=O) groups excluding carboxylic acids is 1. The van der Waals surface area contributed by atoms with E-state index in [4.69, 9.17) is 4.52 Å². The molecule has 0 aliphatic carbocycles. The number of carboxylic acids is 1. The minimum atomic E-state index is -4.43. The highest BCUT2D eigenvalue weighted by Crippen LogP contribution is 2.31. The number of benzene rings is 2. The second-order valence-electron chi connectivity index (χ2n) is 10.4. The second-order valence-corrected chi connectivity index (χ2v) is 10.4. The molecule has 1 atom stereocenters. The molecule has 3 aromatic rings. The van der Waals surface area contributed by atoms with Gasteiger partial charge in [-0.3, -0.25) is 4.90 Å². The van der Waals surface area contributed by atoms with Gasteiger partial charge in [0.1, 0.15) is 0 Å². The van der Waals surface area contributed by atoms with Crippen LogP contribution < -0.4 is 5.11 Å². The van der Waals surface area contributed by atoms with E-state index < -0.39 is 23.8 Å². The molecule has 0 saturated heterocycles. The quantitative estimate of drug-likeness (QED) is 0.164. The molecule has 0 spiro atoms. The highest BCUT2D eigenvalue weighted by atomic mass is 19.4. The molecule has 1 heterocycles. The van der Waals surface area contributed by atoms with Crippen LogP contribution in [0.5, 0.6) is 0 Å².